The molecule has 1 heterocycles. The first-order chi connectivity index (χ1) is 9.06. The second kappa shape index (κ2) is 5.30. The number of nitro groups is 1. The van der Waals surface area contributed by atoms with Gasteiger partial charge in [-0.3, -0.25) is 14.9 Å². The minimum absolute atomic E-state index is 0.00819. The summed E-state index contributed by atoms with van der Waals surface area (Å²) in [4.78, 5) is 25.0. The summed E-state index contributed by atoms with van der Waals surface area (Å²) >= 11 is 0. The van der Waals surface area contributed by atoms with Crippen LogP contribution in [0.3, 0.4) is 0 Å². The molecule has 0 atom stereocenters. The van der Waals surface area contributed by atoms with Crippen molar-refractivity contribution in [3.05, 3.63) is 58.2 Å². The van der Waals surface area contributed by atoms with Gasteiger partial charge in [0.1, 0.15) is 12.4 Å². The Morgan fingerprint density at radius 1 is 1.47 bits per heavy atom. The van der Waals surface area contributed by atoms with Crippen LogP contribution in [0.5, 0.6) is 0 Å². The van der Waals surface area contributed by atoms with E-state index < -0.39 is 10.9 Å². The van der Waals surface area contributed by atoms with E-state index in [0.29, 0.717) is 17.8 Å². The zero-order valence-corrected chi connectivity index (χ0v) is 9.89. The summed E-state index contributed by atoms with van der Waals surface area (Å²) in [5, 5.41) is 19.4. The van der Waals surface area contributed by atoms with E-state index in [1.807, 2.05) is 0 Å². The molecule has 0 saturated carbocycles. The first-order valence-electron chi connectivity index (χ1n) is 5.51. The van der Waals surface area contributed by atoms with Gasteiger partial charge in [-0.15, -0.1) is 0 Å². The quantitative estimate of drug-likeness (QED) is 0.649. The number of carboxylic acids is 1. The predicted molar refractivity (Wildman–Crippen MR) is 65.8 cm³/mol. The fourth-order valence-corrected chi connectivity index (χ4v) is 1.76. The summed E-state index contributed by atoms with van der Waals surface area (Å²) in [6, 6.07) is 6.21. The third-order valence-corrected chi connectivity index (χ3v) is 2.59. The van der Waals surface area contributed by atoms with Crippen LogP contribution >= 0.6 is 0 Å². The van der Waals surface area contributed by atoms with Crippen LogP contribution in [0.4, 0.5) is 5.69 Å². The Kier molecular flexibility index (Phi) is 3.56. The Bertz CT molecular complexity index is 621. The molecule has 1 aromatic heterocycles. The highest BCUT2D eigenvalue weighted by Gasteiger charge is 2.10. The standard InChI is InChI=1S/C12H11N3O4/c16-12(17)8-14-5-4-13-11(14)7-9-2-1-3-10(6-9)15(18)19/h1-6H,7-8H2,(H,16,17). The Morgan fingerprint density at radius 2 is 2.26 bits per heavy atom. The SMILES string of the molecule is O=C(O)Cn1ccnc1Cc1cccc([N+](=O)[O-])c1. The molecule has 0 spiro atoms. The molecule has 1 N–H and O–H groups in total. The molecule has 0 unspecified atom stereocenters. The third-order valence-electron chi connectivity index (χ3n) is 2.59. The number of nitrogens with zero attached hydrogens (tertiary/aromatic N) is 3. The number of carboxylic acid groups (broad SMARTS) is 1. The zero-order valence-electron chi connectivity index (χ0n) is 9.89. The van der Waals surface area contributed by atoms with Gasteiger partial charge in [0.25, 0.3) is 5.69 Å². The minimum atomic E-state index is -0.960. The molecule has 0 bridgehead atoms. The first kappa shape index (κ1) is 12.7. The largest absolute Gasteiger partial charge is 0.480 e. The van der Waals surface area contributed by atoms with Gasteiger partial charge in [-0.1, -0.05) is 12.1 Å². The van der Waals surface area contributed by atoms with Crippen molar-refractivity contribution in [2.24, 2.45) is 0 Å². The average molecular weight is 261 g/mol. The molecule has 7 heteroatoms. The summed E-state index contributed by atoms with van der Waals surface area (Å²) in [7, 11) is 0. The van der Waals surface area contributed by atoms with E-state index in [9.17, 15) is 14.9 Å². The number of aromatic nitrogens is 2. The number of aliphatic carboxylic acids is 1. The van der Waals surface area contributed by atoms with Crippen LogP contribution in [0.25, 0.3) is 0 Å². The molecule has 0 saturated heterocycles. The lowest BCUT2D eigenvalue weighted by atomic mass is 10.1. The first-order valence-corrected chi connectivity index (χ1v) is 5.51. The van der Waals surface area contributed by atoms with Crippen LogP contribution in [0.2, 0.25) is 0 Å². The van der Waals surface area contributed by atoms with Crippen molar-refractivity contribution in [1.29, 1.82) is 0 Å². The molecule has 19 heavy (non-hydrogen) atoms. The number of imidazole rings is 1. The van der Waals surface area contributed by atoms with Crippen molar-refractivity contribution < 1.29 is 14.8 Å². The summed E-state index contributed by atoms with van der Waals surface area (Å²) in [6.07, 6.45) is 3.43. The van der Waals surface area contributed by atoms with Gasteiger partial charge in [0.15, 0.2) is 0 Å². The fourth-order valence-electron chi connectivity index (χ4n) is 1.76. The number of hydrogen-bond donors (Lipinski definition) is 1. The highest BCUT2D eigenvalue weighted by atomic mass is 16.6. The lowest BCUT2D eigenvalue weighted by molar-refractivity contribution is -0.384. The molecule has 7 nitrogen and oxygen atoms in total. The van der Waals surface area contributed by atoms with Crippen LogP contribution in [0.15, 0.2) is 36.7 Å². The van der Waals surface area contributed by atoms with Crippen molar-refractivity contribution >= 4 is 11.7 Å². The Morgan fingerprint density at radius 3 is 2.95 bits per heavy atom. The average Bonchev–Trinajstić information content (AvgIpc) is 2.76. The van der Waals surface area contributed by atoms with Gasteiger partial charge in [-0.25, -0.2) is 4.98 Å². The normalized spacial score (nSPS) is 10.3. The summed E-state index contributed by atoms with van der Waals surface area (Å²) in [5.74, 6) is -0.402. The van der Waals surface area contributed by atoms with Crippen molar-refractivity contribution in [3.8, 4) is 0 Å². The number of nitro benzene ring substituents is 1. The molecular formula is C12H11N3O4. The molecule has 0 amide bonds. The molecule has 2 aromatic rings. The van der Waals surface area contributed by atoms with Gasteiger partial charge in [-0.2, -0.15) is 0 Å². The molecule has 0 aliphatic rings. The van der Waals surface area contributed by atoms with Gasteiger partial charge in [0.2, 0.25) is 0 Å². The summed E-state index contributed by atoms with van der Waals surface area (Å²) in [5.41, 5.74) is 0.723. The molecular weight excluding hydrogens is 250 g/mol. The maximum atomic E-state index is 10.7. The van der Waals surface area contributed by atoms with E-state index in [0.717, 1.165) is 0 Å². The number of benzene rings is 1. The highest BCUT2D eigenvalue weighted by Crippen LogP contribution is 2.15. The summed E-state index contributed by atoms with van der Waals surface area (Å²) in [6.45, 7) is -0.176. The van der Waals surface area contributed by atoms with Crippen LogP contribution < -0.4 is 0 Å². The topological polar surface area (TPSA) is 98.3 Å². The zero-order chi connectivity index (χ0) is 13.8. The third kappa shape index (κ3) is 3.15. The molecule has 0 fully saturated rings. The second-order valence-corrected chi connectivity index (χ2v) is 3.97. The predicted octanol–water partition coefficient (Wildman–Crippen LogP) is 1.47. The lowest BCUT2D eigenvalue weighted by Crippen LogP contribution is -2.11. The van der Waals surface area contributed by atoms with E-state index in [1.54, 1.807) is 18.3 Å². The lowest BCUT2D eigenvalue weighted by Gasteiger charge is -2.05. The maximum Gasteiger partial charge on any atom is 0.323 e. The maximum absolute atomic E-state index is 10.7. The van der Waals surface area contributed by atoms with Crippen molar-refractivity contribution in [3.63, 3.8) is 0 Å². The number of non-ortho nitro benzene ring substituents is 1. The molecule has 0 aliphatic carbocycles. The number of carbonyl (C=O) groups is 1. The Hall–Kier alpha value is -2.70. The van der Waals surface area contributed by atoms with Crippen LogP contribution in [0.1, 0.15) is 11.4 Å². The van der Waals surface area contributed by atoms with Gasteiger partial charge >= 0.3 is 5.97 Å². The number of hydrogen-bond acceptors (Lipinski definition) is 4. The fraction of sp³-hybridized carbons (Fsp3) is 0.167. The van der Waals surface area contributed by atoms with E-state index >= 15 is 0 Å². The molecule has 0 aliphatic heterocycles. The Balaban J connectivity index is 2.21. The van der Waals surface area contributed by atoms with Crippen molar-refractivity contribution in [2.75, 3.05) is 0 Å². The van der Waals surface area contributed by atoms with Gasteiger partial charge in [0, 0.05) is 30.9 Å². The highest BCUT2D eigenvalue weighted by molar-refractivity contribution is 5.66. The Labute approximate surface area is 108 Å². The number of rotatable bonds is 5. The summed E-state index contributed by atoms with van der Waals surface area (Å²) < 4.78 is 1.50. The molecule has 2 rings (SSSR count). The minimum Gasteiger partial charge on any atom is -0.480 e. The van der Waals surface area contributed by atoms with Gasteiger partial charge in [-0.05, 0) is 5.56 Å². The second-order valence-electron chi connectivity index (χ2n) is 3.97. The van der Waals surface area contributed by atoms with Gasteiger partial charge < -0.3 is 9.67 Å². The van der Waals surface area contributed by atoms with Crippen LogP contribution in [-0.2, 0) is 17.8 Å². The van der Waals surface area contributed by atoms with E-state index in [2.05, 4.69) is 4.98 Å². The smallest absolute Gasteiger partial charge is 0.323 e. The van der Waals surface area contributed by atoms with Crippen molar-refractivity contribution in [1.82, 2.24) is 9.55 Å². The monoisotopic (exact) mass is 261 g/mol. The van der Waals surface area contributed by atoms with Crippen LogP contribution in [0, 0.1) is 10.1 Å². The van der Waals surface area contributed by atoms with E-state index in [1.165, 1.54) is 22.9 Å². The van der Waals surface area contributed by atoms with Crippen LogP contribution in [-0.4, -0.2) is 25.6 Å². The van der Waals surface area contributed by atoms with E-state index in [-0.39, 0.29) is 12.2 Å². The molecule has 1 aromatic carbocycles. The van der Waals surface area contributed by atoms with Gasteiger partial charge in [0.05, 0.1) is 4.92 Å². The van der Waals surface area contributed by atoms with E-state index in [4.69, 9.17) is 5.11 Å². The molecule has 98 valence electrons. The molecule has 0 radical (unpaired) electrons. The van der Waals surface area contributed by atoms with Crippen molar-refractivity contribution in [2.45, 2.75) is 13.0 Å².